The van der Waals surface area contributed by atoms with Crippen molar-refractivity contribution in [1.82, 2.24) is 4.98 Å². The molecule has 6 nitrogen and oxygen atoms in total. The van der Waals surface area contributed by atoms with Crippen LogP contribution in [-0.4, -0.2) is 28.0 Å². The third-order valence-electron chi connectivity index (χ3n) is 3.91. The van der Waals surface area contributed by atoms with Gasteiger partial charge in [0, 0.05) is 11.1 Å². The second-order valence-electron chi connectivity index (χ2n) is 7.12. The fraction of sp³-hybridized carbons (Fsp3) is 0.263. The molecule has 0 radical (unpaired) electrons. The lowest BCUT2D eigenvalue weighted by molar-refractivity contribution is -0.146. The molecule has 2 heterocycles. The minimum Gasteiger partial charge on any atom is -0.455 e. The Morgan fingerprint density at radius 1 is 1.11 bits per heavy atom. The molecule has 1 atom stereocenters. The number of pyridine rings is 1. The van der Waals surface area contributed by atoms with Gasteiger partial charge in [0.1, 0.15) is 15.9 Å². The average molecular weight is 406 g/mol. The average Bonchev–Trinajstić information content (AvgIpc) is 2.86. The van der Waals surface area contributed by atoms with E-state index in [1.165, 1.54) is 12.1 Å². The Balaban J connectivity index is 2.14. The first-order chi connectivity index (χ1) is 12.5. The zero-order valence-electron chi connectivity index (χ0n) is 14.9. The van der Waals surface area contributed by atoms with Gasteiger partial charge in [-0.05, 0) is 39.0 Å². The Bertz CT molecular complexity index is 962. The maximum atomic E-state index is 13.4. The van der Waals surface area contributed by atoms with Gasteiger partial charge in [0.15, 0.2) is 17.0 Å². The van der Waals surface area contributed by atoms with Crippen molar-refractivity contribution in [2.45, 2.75) is 31.9 Å². The van der Waals surface area contributed by atoms with Gasteiger partial charge in [-0.1, -0.05) is 41.4 Å². The highest BCUT2D eigenvalue weighted by atomic mass is 35.5. The number of fused-ring (bicyclic) bond motifs is 1. The molecule has 1 aromatic heterocycles. The molecule has 0 saturated carbocycles. The highest BCUT2D eigenvalue weighted by molar-refractivity contribution is 6.48. The number of hydrogen-bond acceptors (Lipinski definition) is 6. The summed E-state index contributed by atoms with van der Waals surface area (Å²) in [7, 11) is 0. The summed E-state index contributed by atoms with van der Waals surface area (Å²) in [5, 5.41) is 0.0768. The van der Waals surface area contributed by atoms with Gasteiger partial charge >= 0.3 is 5.97 Å². The van der Waals surface area contributed by atoms with Crippen LogP contribution in [0.2, 0.25) is 10.3 Å². The molecule has 1 aromatic carbocycles. The maximum Gasteiger partial charge on any atom is 0.356 e. The Labute approximate surface area is 166 Å². The normalized spacial score (nSPS) is 18.7. The molecule has 2 aromatic rings. The fourth-order valence-electron chi connectivity index (χ4n) is 2.83. The van der Waals surface area contributed by atoms with E-state index in [4.69, 9.17) is 33.7 Å². The summed E-state index contributed by atoms with van der Waals surface area (Å²) in [6, 6.07) is 9.47. The van der Waals surface area contributed by atoms with Gasteiger partial charge in [-0.2, -0.15) is 0 Å². The van der Waals surface area contributed by atoms with Crippen molar-refractivity contribution in [3.63, 3.8) is 0 Å². The monoisotopic (exact) mass is 405 g/mol. The predicted octanol–water partition coefficient (Wildman–Crippen LogP) is 3.85. The highest BCUT2D eigenvalue weighted by Gasteiger charge is 2.51. The van der Waals surface area contributed by atoms with Gasteiger partial charge in [0.05, 0.1) is 5.69 Å². The molecule has 27 heavy (non-hydrogen) atoms. The lowest BCUT2D eigenvalue weighted by Gasteiger charge is -2.27. The van der Waals surface area contributed by atoms with E-state index >= 15 is 0 Å². The number of aromatic nitrogens is 1. The SMILES string of the molecule is CC(C)(C)OC(=O)C1=Nc2ccccc2C1(N)C(=O)c1cc(Cl)nc(Cl)c1. The van der Waals surface area contributed by atoms with Crippen LogP contribution in [0.4, 0.5) is 5.69 Å². The number of carbonyl (C=O) groups is 2. The zero-order chi connectivity index (χ0) is 20.0. The number of rotatable bonds is 3. The van der Waals surface area contributed by atoms with Crippen LogP contribution >= 0.6 is 23.2 Å². The van der Waals surface area contributed by atoms with Crippen LogP contribution in [-0.2, 0) is 15.1 Å². The fourth-order valence-corrected chi connectivity index (χ4v) is 3.29. The van der Waals surface area contributed by atoms with Gasteiger partial charge in [-0.3, -0.25) is 4.79 Å². The van der Waals surface area contributed by atoms with Crippen LogP contribution in [0.1, 0.15) is 36.7 Å². The molecule has 1 aliphatic heterocycles. The Morgan fingerprint density at radius 3 is 2.30 bits per heavy atom. The molecule has 1 unspecified atom stereocenters. The Hall–Kier alpha value is -2.28. The largest absolute Gasteiger partial charge is 0.455 e. The minimum absolute atomic E-state index is 0.0384. The van der Waals surface area contributed by atoms with Crippen LogP contribution in [0.3, 0.4) is 0 Å². The first-order valence-electron chi connectivity index (χ1n) is 8.11. The lowest BCUT2D eigenvalue weighted by Crippen LogP contribution is -2.54. The quantitative estimate of drug-likeness (QED) is 0.475. The van der Waals surface area contributed by atoms with Gasteiger partial charge in [0.25, 0.3) is 0 Å². The number of Topliss-reactive ketones (excluding diaryl/α,β-unsaturated/α-hetero) is 1. The van der Waals surface area contributed by atoms with Crippen molar-refractivity contribution in [1.29, 1.82) is 0 Å². The van der Waals surface area contributed by atoms with E-state index < -0.39 is 22.9 Å². The summed E-state index contributed by atoms with van der Waals surface area (Å²) in [5.41, 5.74) is 4.69. The maximum absolute atomic E-state index is 13.4. The minimum atomic E-state index is -1.83. The first kappa shape index (κ1) is 19.5. The third kappa shape index (κ3) is 3.60. The molecular weight excluding hydrogens is 389 g/mol. The molecule has 1 aliphatic rings. The summed E-state index contributed by atoms with van der Waals surface area (Å²) >= 11 is 11.8. The van der Waals surface area contributed by atoms with Gasteiger partial charge in [0.2, 0.25) is 0 Å². The molecule has 2 N–H and O–H groups in total. The Kier molecular flexibility index (Phi) is 4.84. The molecular formula is C19H17Cl2N3O3. The number of ether oxygens (including phenoxy) is 1. The molecule has 3 rings (SSSR count). The molecule has 140 valence electrons. The molecule has 8 heteroatoms. The molecule has 0 saturated heterocycles. The molecule has 0 aliphatic carbocycles. The van der Waals surface area contributed by atoms with Crippen molar-refractivity contribution < 1.29 is 14.3 Å². The van der Waals surface area contributed by atoms with Crippen molar-refractivity contribution in [3.05, 3.63) is 57.8 Å². The van der Waals surface area contributed by atoms with Crippen LogP contribution in [0.25, 0.3) is 0 Å². The molecule has 0 amide bonds. The summed E-state index contributed by atoms with van der Waals surface area (Å²) < 4.78 is 5.42. The van der Waals surface area contributed by atoms with E-state index in [1.807, 2.05) is 0 Å². The number of aliphatic imine (C=N–C) groups is 1. The van der Waals surface area contributed by atoms with E-state index in [2.05, 4.69) is 9.98 Å². The van der Waals surface area contributed by atoms with Crippen LogP contribution in [0.15, 0.2) is 41.4 Å². The summed E-state index contributed by atoms with van der Waals surface area (Å²) in [5.74, 6) is -1.34. The van der Waals surface area contributed by atoms with E-state index in [1.54, 1.807) is 45.0 Å². The summed E-state index contributed by atoms with van der Waals surface area (Å²) in [6.07, 6.45) is 0. The van der Waals surface area contributed by atoms with Gasteiger partial charge in [-0.25, -0.2) is 14.8 Å². The number of benzene rings is 1. The van der Waals surface area contributed by atoms with E-state index in [0.29, 0.717) is 11.3 Å². The zero-order valence-corrected chi connectivity index (χ0v) is 16.4. The van der Waals surface area contributed by atoms with Crippen LogP contribution in [0.5, 0.6) is 0 Å². The van der Waals surface area contributed by atoms with Crippen molar-refractivity contribution in [3.8, 4) is 0 Å². The highest BCUT2D eigenvalue weighted by Crippen LogP contribution is 2.40. The molecule has 0 spiro atoms. The number of halogens is 2. The smallest absolute Gasteiger partial charge is 0.356 e. The van der Waals surface area contributed by atoms with Crippen molar-refractivity contribution in [2.24, 2.45) is 10.7 Å². The molecule has 0 bridgehead atoms. The predicted molar refractivity (Wildman–Crippen MR) is 104 cm³/mol. The van der Waals surface area contributed by atoms with E-state index in [0.717, 1.165) is 0 Å². The number of carbonyl (C=O) groups excluding carboxylic acids is 2. The van der Waals surface area contributed by atoms with Crippen LogP contribution < -0.4 is 5.73 Å². The first-order valence-corrected chi connectivity index (χ1v) is 8.87. The number of hydrogen-bond donors (Lipinski definition) is 1. The second-order valence-corrected chi connectivity index (χ2v) is 7.89. The van der Waals surface area contributed by atoms with Gasteiger partial charge < -0.3 is 10.5 Å². The number of para-hydroxylation sites is 1. The van der Waals surface area contributed by atoms with Gasteiger partial charge in [-0.15, -0.1) is 0 Å². The van der Waals surface area contributed by atoms with Crippen molar-refractivity contribution in [2.75, 3.05) is 0 Å². The summed E-state index contributed by atoms with van der Waals surface area (Å²) in [4.78, 5) is 34.2. The van der Waals surface area contributed by atoms with Crippen LogP contribution in [0, 0.1) is 0 Å². The molecule has 0 fully saturated rings. The number of nitrogens with zero attached hydrogens (tertiary/aromatic N) is 2. The number of esters is 1. The second kappa shape index (κ2) is 6.71. The van der Waals surface area contributed by atoms with Crippen molar-refractivity contribution >= 4 is 46.4 Å². The van der Waals surface area contributed by atoms with E-state index in [-0.39, 0.29) is 21.6 Å². The topological polar surface area (TPSA) is 94.6 Å². The summed E-state index contributed by atoms with van der Waals surface area (Å²) in [6.45, 7) is 5.15. The standard InChI is InChI=1S/C19H17Cl2N3O3/c1-18(2,3)27-17(26)15-19(22,11-6-4-5-7-12(11)23-15)16(25)10-8-13(20)24-14(21)9-10/h4-9H,22H2,1-3H3. The van der Waals surface area contributed by atoms with E-state index in [9.17, 15) is 9.59 Å². The third-order valence-corrected chi connectivity index (χ3v) is 4.30. The number of ketones is 1. The number of nitrogens with two attached hydrogens (primary N) is 1. The lowest BCUT2D eigenvalue weighted by atomic mass is 9.81. The Morgan fingerprint density at radius 2 is 1.70 bits per heavy atom.